The topological polar surface area (TPSA) is 72.5 Å². The van der Waals surface area contributed by atoms with E-state index in [0.717, 1.165) is 12.8 Å². The second-order valence-electron chi connectivity index (χ2n) is 4.48. The molecule has 0 saturated carbocycles. The minimum Gasteiger partial charge on any atom is -0.548 e. The highest BCUT2D eigenvalue weighted by Gasteiger charge is 2.20. The van der Waals surface area contributed by atoms with Gasteiger partial charge in [0, 0.05) is 13.1 Å². The van der Waals surface area contributed by atoms with Crippen LogP contribution in [0.2, 0.25) is 0 Å². The quantitative estimate of drug-likeness (QED) is 0.711. The van der Waals surface area contributed by atoms with Crippen LogP contribution in [0.5, 0.6) is 0 Å². The molecule has 0 aromatic heterocycles. The molecule has 2 amide bonds. The van der Waals surface area contributed by atoms with Gasteiger partial charge in [-0.25, -0.2) is 4.79 Å². The van der Waals surface area contributed by atoms with Gasteiger partial charge in [-0.3, -0.25) is 0 Å². The van der Waals surface area contributed by atoms with Crippen LogP contribution < -0.4 is 10.4 Å². The number of nitrogens with zero attached hydrogens (tertiary/aromatic N) is 1. The molecule has 17 heavy (non-hydrogen) atoms. The van der Waals surface area contributed by atoms with Crippen LogP contribution in [0.25, 0.3) is 0 Å². The smallest absolute Gasteiger partial charge is 0.317 e. The Morgan fingerprint density at radius 3 is 1.94 bits per heavy atom. The molecule has 0 aromatic carbocycles. The molecule has 0 radical (unpaired) electrons. The minimum absolute atomic E-state index is 0.186. The Morgan fingerprint density at radius 2 is 1.65 bits per heavy atom. The van der Waals surface area contributed by atoms with Crippen molar-refractivity contribution >= 4 is 12.0 Å². The fourth-order valence-electron chi connectivity index (χ4n) is 1.58. The summed E-state index contributed by atoms with van der Waals surface area (Å²) < 4.78 is 0. The zero-order valence-electron chi connectivity index (χ0n) is 11.2. The maximum absolute atomic E-state index is 11.9. The van der Waals surface area contributed by atoms with E-state index in [1.54, 1.807) is 18.7 Å². The Labute approximate surface area is 103 Å². The number of amides is 2. The number of nitrogens with one attached hydrogen (secondary N) is 1. The molecule has 0 unspecified atom stereocenters. The summed E-state index contributed by atoms with van der Waals surface area (Å²) in [5.41, 5.74) is 0. The first kappa shape index (κ1) is 15.7. The number of carboxylic acid groups (broad SMARTS) is 1. The molecule has 0 bridgehead atoms. The fraction of sp³-hybridized carbons (Fsp3) is 0.833. The Bertz CT molecular complexity index is 248. The number of hydrogen-bond donors (Lipinski definition) is 1. The number of hydrogen-bond acceptors (Lipinski definition) is 3. The monoisotopic (exact) mass is 243 g/mol. The van der Waals surface area contributed by atoms with Gasteiger partial charge in [-0.1, -0.05) is 27.7 Å². The van der Waals surface area contributed by atoms with E-state index in [-0.39, 0.29) is 11.9 Å². The van der Waals surface area contributed by atoms with Gasteiger partial charge in [0.05, 0.1) is 12.0 Å². The molecule has 0 saturated heterocycles. The zero-order chi connectivity index (χ0) is 13.4. The van der Waals surface area contributed by atoms with Crippen LogP contribution in [0.1, 0.15) is 40.5 Å². The molecule has 5 nitrogen and oxygen atoms in total. The van der Waals surface area contributed by atoms with Crippen molar-refractivity contribution in [3.05, 3.63) is 0 Å². The van der Waals surface area contributed by atoms with E-state index >= 15 is 0 Å². The first-order valence-electron chi connectivity index (χ1n) is 6.20. The Balaban J connectivity index is 4.50. The third kappa shape index (κ3) is 5.56. The van der Waals surface area contributed by atoms with Gasteiger partial charge in [0.2, 0.25) is 0 Å². The summed E-state index contributed by atoms with van der Waals surface area (Å²) in [6, 6.07) is -1.25. The molecule has 0 aliphatic rings. The molecule has 0 aliphatic carbocycles. The summed E-state index contributed by atoms with van der Waals surface area (Å²) in [4.78, 5) is 24.4. The van der Waals surface area contributed by atoms with E-state index in [1.807, 2.05) is 13.8 Å². The number of carbonyl (C=O) groups excluding carboxylic acids is 2. The third-order valence-electron chi connectivity index (χ3n) is 2.47. The van der Waals surface area contributed by atoms with Crippen LogP contribution >= 0.6 is 0 Å². The lowest BCUT2D eigenvalue weighted by molar-refractivity contribution is -0.309. The molecule has 0 rings (SSSR count). The van der Waals surface area contributed by atoms with Gasteiger partial charge in [-0.15, -0.1) is 0 Å². The van der Waals surface area contributed by atoms with Crippen molar-refractivity contribution in [3.63, 3.8) is 0 Å². The van der Waals surface area contributed by atoms with Gasteiger partial charge >= 0.3 is 6.03 Å². The summed E-state index contributed by atoms with van der Waals surface area (Å²) in [5.74, 6) is -1.42. The summed E-state index contributed by atoms with van der Waals surface area (Å²) >= 11 is 0. The molecular weight excluding hydrogens is 220 g/mol. The van der Waals surface area contributed by atoms with E-state index in [9.17, 15) is 14.7 Å². The number of carboxylic acids is 1. The van der Waals surface area contributed by atoms with E-state index < -0.39 is 12.0 Å². The van der Waals surface area contributed by atoms with Crippen LogP contribution in [0, 0.1) is 5.92 Å². The second-order valence-corrected chi connectivity index (χ2v) is 4.48. The summed E-state index contributed by atoms with van der Waals surface area (Å²) in [7, 11) is 0. The first-order chi connectivity index (χ1) is 7.93. The highest BCUT2D eigenvalue weighted by Crippen LogP contribution is 2.03. The summed E-state index contributed by atoms with van der Waals surface area (Å²) in [5, 5.41) is 13.4. The van der Waals surface area contributed by atoms with E-state index in [2.05, 4.69) is 5.32 Å². The largest absolute Gasteiger partial charge is 0.548 e. The maximum Gasteiger partial charge on any atom is 0.317 e. The van der Waals surface area contributed by atoms with Crippen LogP contribution in [-0.2, 0) is 4.79 Å². The van der Waals surface area contributed by atoms with Crippen LogP contribution in [0.15, 0.2) is 0 Å². The first-order valence-corrected chi connectivity index (χ1v) is 6.20. The summed E-state index contributed by atoms with van der Waals surface area (Å²) in [6.07, 6.45) is 1.70. The lowest BCUT2D eigenvalue weighted by Crippen LogP contribution is -2.54. The lowest BCUT2D eigenvalue weighted by Gasteiger charge is -2.28. The molecule has 0 spiro atoms. The van der Waals surface area contributed by atoms with Gasteiger partial charge in [0.1, 0.15) is 0 Å². The number of rotatable bonds is 7. The second kappa shape index (κ2) is 7.92. The average Bonchev–Trinajstić information content (AvgIpc) is 2.24. The van der Waals surface area contributed by atoms with Crippen LogP contribution in [-0.4, -0.2) is 36.0 Å². The van der Waals surface area contributed by atoms with Gasteiger partial charge in [-0.2, -0.15) is 0 Å². The predicted octanol–water partition coefficient (Wildman–Crippen LogP) is 0.593. The maximum atomic E-state index is 11.9. The SMILES string of the molecule is CCCN(CCC)C(=O)N[C@H](C(=O)[O-])C(C)C. The molecule has 1 atom stereocenters. The molecule has 1 N–H and O–H groups in total. The van der Waals surface area contributed by atoms with Crippen LogP contribution in [0.4, 0.5) is 4.79 Å². The van der Waals surface area contributed by atoms with Crippen molar-refractivity contribution in [2.75, 3.05) is 13.1 Å². The van der Waals surface area contributed by atoms with Gasteiger partial charge in [0.25, 0.3) is 0 Å². The average molecular weight is 243 g/mol. The van der Waals surface area contributed by atoms with Crippen molar-refractivity contribution < 1.29 is 14.7 Å². The van der Waals surface area contributed by atoms with E-state index in [0.29, 0.717) is 13.1 Å². The van der Waals surface area contributed by atoms with E-state index in [1.165, 1.54) is 0 Å². The third-order valence-corrected chi connectivity index (χ3v) is 2.47. The number of urea groups is 1. The van der Waals surface area contributed by atoms with Crippen LogP contribution in [0.3, 0.4) is 0 Å². The zero-order valence-corrected chi connectivity index (χ0v) is 11.2. The van der Waals surface area contributed by atoms with Gasteiger partial charge < -0.3 is 20.1 Å². The van der Waals surface area contributed by atoms with Crippen molar-refractivity contribution in [2.24, 2.45) is 5.92 Å². The molecule has 0 heterocycles. The molecule has 100 valence electrons. The van der Waals surface area contributed by atoms with Crippen molar-refractivity contribution in [1.82, 2.24) is 10.2 Å². The highest BCUT2D eigenvalue weighted by molar-refractivity contribution is 5.81. The van der Waals surface area contributed by atoms with Crippen molar-refractivity contribution in [2.45, 2.75) is 46.6 Å². The van der Waals surface area contributed by atoms with Crippen molar-refractivity contribution in [1.29, 1.82) is 0 Å². The number of aliphatic carboxylic acids is 1. The standard InChI is InChI=1S/C12H24N2O3/c1-5-7-14(8-6-2)12(17)13-10(9(3)4)11(15)16/h9-10H,5-8H2,1-4H3,(H,13,17)(H,15,16)/p-1/t10-/m0/s1. The minimum atomic E-state index is -1.23. The molecule has 0 fully saturated rings. The summed E-state index contributed by atoms with van der Waals surface area (Å²) in [6.45, 7) is 8.72. The van der Waals surface area contributed by atoms with E-state index in [4.69, 9.17) is 0 Å². The highest BCUT2D eigenvalue weighted by atomic mass is 16.4. The molecular formula is C12H23N2O3-. The van der Waals surface area contributed by atoms with Crippen molar-refractivity contribution in [3.8, 4) is 0 Å². The Morgan fingerprint density at radius 1 is 1.18 bits per heavy atom. The van der Waals surface area contributed by atoms with Gasteiger partial charge in [0.15, 0.2) is 0 Å². The lowest BCUT2D eigenvalue weighted by atomic mass is 10.1. The molecule has 0 aliphatic heterocycles. The molecule has 5 heteroatoms. The predicted molar refractivity (Wildman–Crippen MR) is 64.3 cm³/mol. The number of carbonyl (C=O) groups is 2. The Kier molecular flexibility index (Phi) is 7.34. The molecule has 0 aromatic rings. The Hall–Kier alpha value is -1.26. The van der Waals surface area contributed by atoms with Gasteiger partial charge in [-0.05, 0) is 18.8 Å². The normalized spacial score (nSPS) is 12.3. The fourth-order valence-corrected chi connectivity index (χ4v) is 1.58.